The van der Waals surface area contributed by atoms with E-state index in [1.807, 2.05) is 0 Å². The molecule has 1 nitrogen and oxygen atoms in total. The monoisotopic (exact) mass is 346 g/mol. The van der Waals surface area contributed by atoms with Gasteiger partial charge in [0.25, 0.3) is 0 Å². The Morgan fingerprint density at radius 2 is 1.81 bits per heavy atom. The lowest BCUT2D eigenvalue weighted by atomic mass is 9.78. The normalized spacial score (nSPS) is 23.8. The number of hydrogen-bond donors (Lipinski definition) is 0. The van der Waals surface area contributed by atoms with Crippen molar-refractivity contribution in [3.05, 3.63) is 12.2 Å². The zero-order chi connectivity index (χ0) is 15.9. The van der Waals surface area contributed by atoms with Crippen LogP contribution in [0.3, 0.4) is 0 Å². The van der Waals surface area contributed by atoms with Crippen LogP contribution in [0.1, 0.15) is 52.4 Å². The van der Waals surface area contributed by atoms with Gasteiger partial charge in [-0.25, -0.2) is 0 Å². The SMILES string of the molecule is C=C1CCCCC1(CCC(SCC)SCC)O[Si](C)(C)C. The first-order chi connectivity index (χ1) is 9.83. The third-order valence-corrected chi connectivity index (χ3v) is 7.65. The molecule has 1 atom stereocenters. The Kier molecular flexibility index (Phi) is 8.47. The lowest BCUT2D eigenvalue weighted by Gasteiger charge is -2.44. The average Bonchev–Trinajstić information content (AvgIpc) is 2.38. The molecule has 1 saturated carbocycles. The van der Waals surface area contributed by atoms with E-state index in [1.54, 1.807) is 0 Å². The summed E-state index contributed by atoms with van der Waals surface area (Å²) in [6.45, 7) is 15.9. The first-order valence-electron chi connectivity index (χ1n) is 8.44. The summed E-state index contributed by atoms with van der Waals surface area (Å²) in [5.74, 6) is 2.42. The molecule has 1 rings (SSSR count). The molecule has 0 spiro atoms. The van der Waals surface area contributed by atoms with Crippen LogP contribution >= 0.6 is 23.5 Å². The van der Waals surface area contributed by atoms with E-state index in [-0.39, 0.29) is 5.60 Å². The van der Waals surface area contributed by atoms with Gasteiger partial charge in [-0.1, -0.05) is 20.4 Å². The third kappa shape index (κ3) is 6.72. The molecule has 1 fully saturated rings. The zero-order valence-corrected chi connectivity index (χ0v) is 17.3. The van der Waals surface area contributed by atoms with E-state index >= 15 is 0 Å². The maximum absolute atomic E-state index is 6.71. The summed E-state index contributed by atoms with van der Waals surface area (Å²) in [5.41, 5.74) is 1.36. The molecule has 0 aromatic heterocycles. The quantitative estimate of drug-likeness (QED) is 0.275. The topological polar surface area (TPSA) is 9.23 Å². The third-order valence-electron chi connectivity index (χ3n) is 3.94. The molecule has 0 amide bonds. The van der Waals surface area contributed by atoms with Gasteiger partial charge in [0.1, 0.15) is 0 Å². The molecule has 4 heteroatoms. The van der Waals surface area contributed by atoms with Crippen LogP contribution in [0.5, 0.6) is 0 Å². The molecule has 21 heavy (non-hydrogen) atoms. The molecule has 0 saturated heterocycles. The van der Waals surface area contributed by atoms with Gasteiger partial charge >= 0.3 is 0 Å². The predicted octanol–water partition coefficient (Wildman–Crippen LogP) is 6.32. The molecular weight excluding hydrogens is 312 g/mol. The zero-order valence-electron chi connectivity index (χ0n) is 14.7. The first kappa shape index (κ1) is 19.7. The summed E-state index contributed by atoms with van der Waals surface area (Å²) in [6, 6.07) is 0. The van der Waals surface area contributed by atoms with Gasteiger partial charge in [0.15, 0.2) is 8.32 Å². The minimum atomic E-state index is -1.54. The molecule has 0 aliphatic heterocycles. The summed E-state index contributed by atoms with van der Waals surface area (Å²) in [7, 11) is -1.54. The minimum absolute atomic E-state index is 0.0103. The minimum Gasteiger partial charge on any atom is -0.408 e. The molecule has 0 radical (unpaired) electrons. The van der Waals surface area contributed by atoms with Gasteiger partial charge in [0.2, 0.25) is 0 Å². The Morgan fingerprint density at radius 1 is 1.19 bits per heavy atom. The summed E-state index contributed by atoms with van der Waals surface area (Å²) in [6.07, 6.45) is 7.37. The highest BCUT2D eigenvalue weighted by Gasteiger charge is 2.39. The van der Waals surface area contributed by atoms with E-state index in [4.69, 9.17) is 4.43 Å². The van der Waals surface area contributed by atoms with E-state index in [9.17, 15) is 0 Å². The Labute approximate surface area is 142 Å². The Balaban J connectivity index is 2.74. The average molecular weight is 347 g/mol. The van der Waals surface area contributed by atoms with Gasteiger partial charge in [-0.2, -0.15) is 0 Å². The highest BCUT2D eigenvalue weighted by molar-refractivity contribution is 8.16. The van der Waals surface area contributed by atoms with Crippen LogP contribution in [0.15, 0.2) is 12.2 Å². The van der Waals surface area contributed by atoms with E-state index in [0.29, 0.717) is 0 Å². The lowest BCUT2D eigenvalue weighted by molar-refractivity contribution is 0.0615. The van der Waals surface area contributed by atoms with Crippen LogP contribution in [0.4, 0.5) is 0 Å². The Hall–Kier alpha value is 0.617. The van der Waals surface area contributed by atoms with Gasteiger partial charge in [0, 0.05) is 0 Å². The number of thioether (sulfide) groups is 2. The molecule has 124 valence electrons. The number of rotatable bonds is 9. The van der Waals surface area contributed by atoms with E-state index in [2.05, 4.69) is 63.6 Å². The summed E-state index contributed by atoms with van der Waals surface area (Å²) >= 11 is 4.19. The molecule has 0 N–H and O–H groups in total. The largest absolute Gasteiger partial charge is 0.408 e. The van der Waals surface area contributed by atoms with Gasteiger partial charge in [-0.05, 0) is 75.2 Å². The maximum Gasteiger partial charge on any atom is 0.184 e. The van der Waals surface area contributed by atoms with Gasteiger partial charge in [-0.3, -0.25) is 0 Å². The van der Waals surface area contributed by atoms with Crippen molar-refractivity contribution in [2.45, 2.75) is 82.2 Å². The predicted molar refractivity (Wildman–Crippen MR) is 104 cm³/mol. The fourth-order valence-electron chi connectivity index (χ4n) is 3.15. The van der Waals surface area contributed by atoms with Crippen LogP contribution in [0.2, 0.25) is 19.6 Å². The molecular formula is C17H34OS2Si. The second-order valence-electron chi connectivity index (χ2n) is 6.90. The van der Waals surface area contributed by atoms with Gasteiger partial charge in [-0.15, -0.1) is 23.5 Å². The summed E-state index contributed by atoms with van der Waals surface area (Å²) in [4.78, 5) is 0. The van der Waals surface area contributed by atoms with Crippen molar-refractivity contribution < 1.29 is 4.43 Å². The van der Waals surface area contributed by atoms with Crippen molar-refractivity contribution in [2.24, 2.45) is 0 Å². The van der Waals surface area contributed by atoms with E-state index in [1.165, 1.54) is 49.2 Å². The number of hydrogen-bond acceptors (Lipinski definition) is 3. The Morgan fingerprint density at radius 3 is 2.29 bits per heavy atom. The lowest BCUT2D eigenvalue weighted by Crippen LogP contribution is -2.45. The van der Waals surface area contributed by atoms with Crippen molar-refractivity contribution in [3.63, 3.8) is 0 Å². The second kappa shape index (κ2) is 9.04. The standard InChI is InChI=1S/C17H34OS2Si/c1-7-19-16(20-8-2)12-14-17(18-21(4,5)6)13-10-9-11-15(17)3/h16H,3,7-14H2,1-2,4-6H3. The molecule has 0 aromatic carbocycles. The summed E-state index contributed by atoms with van der Waals surface area (Å²) in [5, 5.41) is 0. The summed E-state index contributed by atoms with van der Waals surface area (Å²) < 4.78 is 7.43. The fourth-order valence-corrected chi connectivity index (χ4v) is 7.19. The van der Waals surface area contributed by atoms with E-state index < -0.39 is 8.32 Å². The van der Waals surface area contributed by atoms with Crippen LogP contribution in [-0.4, -0.2) is 30.0 Å². The van der Waals surface area contributed by atoms with Crippen LogP contribution in [-0.2, 0) is 4.43 Å². The van der Waals surface area contributed by atoms with Crippen LogP contribution in [0, 0.1) is 0 Å². The second-order valence-corrected chi connectivity index (χ2v) is 14.6. The first-order valence-corrected chi connectivity index (χ1v) is 13.9. The highest BCUT2D eigenvalue weighted by atomic mass is 32.2. The molecule has 0 aromatic rings. The molecule has 1 aliphatic rings. The van der Waals surface area contributed by atoms with Crippen molar-refractivity contribution in [2.75, 3.05) is 11.5 Å². The van der Waals surface area contributed by atoms with Gasteiger partial charge < -0.3 is 4.43 Å². The highest BCUT2D eigenvalue weighted by Crippen LogP contribution is 2.43. The maximum atomic E-state index is 6.71. The van der Waals surface area contributed by atoms with Crippen molar-refractivity contribution in [3.8, 4) is 0 Å². The van der Waals surface area contributed by atoms with E-state index in [0.717, 1.165) is 11.0 Å². The van der Waals surface area contributed by atoms with Crippen molar-refractivity contribution in [1.82, 2.24) is 0 Å². The van der Waals surface area contributed by atoms with Gasteiger partial charge in [0.05, 0.1) is 10.2 Å². The van der Waals surface area contributed by atoms with Crippen molar-refractivity contribution >= 4 is 31.8 Å². The molecule has 0 heterocycles. The molecule has 1 unspecified atom stereocenters. The fraction of sp³-hybridized carbons (Fsp3) is 0.882. The van der Waals surface area contributed by atoms with Crippen molar-refractivity contribution in [1.29, 1.82) is 0 Å². The molecule has 1 aliphatic carbocycles. The van der Waals surface area contributed by atoms with Crippen LogP contribution in [0.25, 0.3) is 0 Å². The smallest absolute Gasteiger partial charge is 0.184 e. The Bertz CT molecular complexity index is 321. The van der Waals surface area contributed by atoms with Crippen LogP contribution < -0.4 is 0 Å². The molecule has 0 bridgehead atoms.